The first-order chi connectivity index (χ1) is 45.2. The van der Waals surface area contributed by atoms with Gasteiger partial charge in [-0.25, -0.2) is 28.1 Å². The molecule has 540 valence electrons. The molecule has 0 bridgehead atoms. The van der Waals surface area contributed by atoms with Gasteiger partial charge in [0.2, 0.25) is 0 Å². The summed E-state index contributed by atoms with van der Waals surface area (Å²) < 4.78 is 22.1. The Morgan fingerprint density at radius 2 is 0.531 bits per heavy atom. The van der Waals surface area contributed by atoms with Crippen LogP contribution in [0.1, 0.15) is 383 Å². The summed E-state index contributed by atoms with van der Waals surface area (Å²) in [5.41, 5.74) is 0.262. The Morgan fingerprint density at radius 1 is 0.344 bits per heavy atom. The molecule has 15 nitrogen and oxygen atoms in total. The third kappa shape index (κ3) is 24.4. The molecule has 0 radical (unpaired) electrons. The summed E-state index contributed by atoms with van der Waals surface area (Å²) in [6.07, 6.45) is 20.8. The van der Waals surface area contributed by atoms with Crippen LogP contribution in [0.4, 0.5) is 0 Å². The number of nitrogens with zero attached hydrogens (tertiary/aromatic N) is 3. The molecule has 0 fully saturated rings. The molecular weight excluding hydrogens is 1210 g/mol. The van der Waals surface area contributed by atoms with E-state index in [1.165, 1.54) is 19.3 Å². The molecule has 3 aromatic carbocycles. The lowest BCUT2D eigenvalue weighted by atomic mass is 9.82. The highest BCUT2D eigenvalue weighted by atomic mass is 16.6. The maximum atomic E-state index is 16.2. The van der Waals surface area contributed by atoms with Crippen molar-refractivity contribution in [3.63, 3.8) is 0 Å². The van der Waals surface area contributed by atoms with Crippen molar-refractivity contribution in [2.24, 2.45) is 0 Å². The molecule has 4 rings (SSSR count). The van der Waals surface area contributed by atoms with Crippen molar-refractivity contribution in [2.75, 3.05) is 0 Å². The van der Waals surface area contributed by atoms with Gasteiger partial charge in [0.25, 0.3) is 0 Å². The van der Waals surface area contributed by atoms with Gasteiger partial charge in [-0.2, -0.15) is 0 Å². The lowest BCUT2D eigenvalue weighted by molar-refractivity contribution is -0.159. The predicted octanol–water partition coefficient (Wildman–Crippen LogP) is 20.4. The summed E-state index contributed by atoms with van der Waals surface area (Å²) in [6.45, 7) is 34.6. The number of rotatable bonds is 42. The van der Waals surface area contributed by atoms with E-state index in [4.69, 9.17) is 14.2 Å². The number of carbonyl (C=O) groups excluding carboxylic acids is 3. The van der Waals surface area contributed by atoms with E-state index in [1.54, 1.807) is 77.9 Å². The Bertz CT molecular complexity index is 2900. The van der Waals surface area contributed by atoms with Crippen LogP contribution in [-0.2, 0) is 44.8 Å². The summed E-state index contributed by atoms with van der Waals surface area (Å²) in [4.78, 5) is 93.8. The smallest absolute Gasteiger partial charge is 0.342 e. The van der Waals surface area contributed by atoms with Crippen LogP contribution in [0.15, 0.2) is 50.8 Å². The second-order valence-corrected chi connectivity index (χ2v) is 31.1. The normalized spacial score (nSPS) is 14.1. The number of aromatic nitrogens is 3. The van der Waals surface area contributed by atoms with Gasteiger partial charge in [0.05, 0.1) is 17.8 Å². The molecule has 3 N–H and O–H groups in total. The number of phenols is 3. The van der Waals surface area contributed by atoms with Crippen molar-refractivity contribution in [3.8, 4) is 17.2 Å². The second kappa shape index (κ2) is 39.5. The molecule has 6 unspecified atom stereocenters. The Labute approximate surface area is 577 Å². The largest absolute Gasteiger partial charge is 0.507 e. The highest BCUT2D eigenvalue weighted by Crippen LogP contribution is 2.40. The highest BCUT2D eigenvalue weighted by molar-refractivity contribution is 5.79. The average molecular weight is 1340 g/mol. The first-order valence-corrected chi connectivity index (χ1v) is 37.4. The minimum Gasteiger partial charge on any atom is -0.507 e. The molecule has 0 saturated heterocycles. The summed E-state index contributed by atoms with van der Waals surface area (Å²) in [6, 6.07) is 10.6. The molecule has 4 aromatic rings. The Morgan fingerprint density at radius 3 is 0.719 bits per heavy atom. The number of ether oxygens (including phenoxy) is 3. The molecule has 1 heterocycles. The van der Waals surface area contributed by atoms with E-state index in [0.29, 0.717) is 88.6 Å². The molecular formula is C81H129N3O12. The minimum absolute atomic E-state index is 0.00436. The van der Waals surface area contributed by atoms with Crippen molar-refractivity contribution in [3.05, 3.63) is 118 Å². The van der Waals surface area contributed by atoms with Gasteiger partial charge in [0, 0.05) is 19.3 Å². The van der Waals surface area contributed by atoms with Crippen molar-refractivity contribution in [1.29, 1.82) is 0 Å². The van der Waals surface area contributed by atoms with Gasteiger partial charge in [-0.3, -0.25) is 14.4 Å². The number of benzene rings is 3. The lowest BCUT2D eigenvalue weighted by Gasteiger charge is -2.29. The second-order valence-electron chi connectivity index (χ2n) is 31.1. The van der Waals surface area contributed by atoms with Gasteiger partial charge in [-0.15, -0.1) is 0 Å². The number of hydrogen-bond acceptors (Lipinski definition) is 12. The summed E-state index contributed by atoms with van der Waals surface area (Å²) in [7, 11) is 0. The van der Waals surface area contributed by atoms with Crippen LogP contribution in [0.25, 0.3) is 0 Å². The van der Waals surface area contributed by atoms with Gasteiger partial charge in [-0.05, 0) is 127 Å². The topological polar surface area (TPSA) is 206 Å². The van der Waals surface area contributed by atoms with E-state index in [0.717, 1.165) is 129 Å². The van der Waals surface area contributed by atoms with Crippen molar-refractivity contribution in [1.82, 2.24) is 13.7 Å². The number of hydrogen-bond donors (Lipinski definition) is 3. The zero-order valence-corrected chi connectivity index (χ0v) is 63.0. The van der Waals surface area contributed by atoms with Gasteiger partial charge in [0.1, 0.15) is 17.2 Å². The molecule has 0 spiro atoms. The molecule has 0 saturated carbocycles. The zero-order chi connectivity index (χ0) is 71.7. The van der Waals surface area contributed by atoms with Gasteiger partial charge in [0.15, 0.2) is 18.7 Å². The quantitative estimate of drug-likeness (QED) is 0.0215. The highest BCUT2D eigenvalue weighted by Gasteiger charge is 2.37. The maximum Gasteiger partial charge on any atom is 0.342 e. The van der Waals surface area contributed by atoms with Gasteiger partial charge in [-0.1, -0.05) is 274 Å². The van der Waals surface area contributed by atoms with E-state index in [2.05, 4.69) is 20.8 Å². The number of unbranched alkanes of at least 4 members (excludes halogenated alkanes) is 24. The predicted molar refractivity (Wildman–Crippen MR) is 390 cm³/mol. The SMILES string of the molecule is CCCCCCCCCCCC(OC(=O)C(C)c1cc(C)c(O)c(C(C)(C)C)c1)n1c(=O)n(C(CCCCCCCCCCC)OC(=O)C(C)c2cc(C)c(O)c(C(C)(C)C)c2)c(=O)n(C(CCCCCCCCCCC)OC(=O)C(C)c2cc(C)c(O)c(C(C)(C)C)c2)c1=O. The minimum atomic E-state index is -1.60. The van der Waals surface area contributed by atoms with Crippen molar-refractivity contribution < 1.29 is 43.9 Å². The fourth-order valence-electron chi connectivity index (χ4n) is 12.9. The standard InChI is InChI=1S/C81H129N3O12/c1-19-22-25-28-31-34-37-40-43-46-67(94-73(88)58(7)61-49-55(4)70(85)64(52-61)79(10,11)12)82-76(91)83(68(47-44-41-38-35-32-29-26-23-20-2)95-74(89)59(8)62-50-56(5)71(86)65(53-62)80(13,14)15)78(93)84(77(82)92)69(48-45-42-39-36-33-30-27-24-21-3)96-75(90)60(9)63-51-57(6)72(87)66(54-63)81(16,17)18/h49-54,58-60,67-69,85-87H,19-48H2,1-18H3. The number of carbonyl (C=O) groups is 3. The third-order valence-corrected chi connectivity index (χ3v) is 19.5. The average Bonchev–Trinajstić information content (AvgIpc) is 0.751. The van der Waals surface area contributed by atoms with E-state index in [9.17, 15) is 15.3 Å². The molecule has 0 amide bonds. The van der Waals surface area contributed by atoms with Gasteiger partial charge >= 0.3 is 35.0 Å². The van der Waals surface area contributed by atoms with E-state index < -0.39 is 87.7 Å². The van der Waals surface area contributed by atoms with Gasteiger partial charge < -0.3 is 29.5 Å². The molecule has 96 heavy (non-hydrogen) atoms. The summed E-state index contributed by atoms with van der Waals surface area (Å²) in [5, 5.41) is 33.8. The van der Waals surface area contributed by atoms with Crippen molar-refractivity contribution >= 4 is 17.9 Å². The van der Waals surface area contributed by atoms with Crippen LogP contribution in [0.5, 0.6) is 17.2 Å². The Hall–Kier alpha value is -6.12. The van der Waals surface area contributed by atoms with Crippen LogP contribution in [-0.4, -0.2) is 46.9 Å². The zero-order valence-electron chi connectivity index (χ0n) is 63.0. The lowest BCUT2D eigenvalue weighted by Crippen LogP contribution is -2.58. The first-order valence-electron chi connectivity index (χ1n) is 37.4. The maximum absolute atomic E-state index is 16.2. The first kappa shape index (κ1) is 82.3. The van der Waals surface area contributed by atoms with Crippen LogP contribution >= 0.6 is 0 Å². The molecule has 0 aliphatic carbocycles. The van der Waals surface area contributed by atoms with Crippen molar-refractivity contribution in [2.45, 2.75) is 370 Å². The molecule has 1 aromatic heterocycles. The van der Waals surface area contributed by atoms with Crippen LogP contribution in [0, 0.1) is 20.8 Å². The molecule has 0 aliphatic heterocycles. The van der Waals surface area contributed by atoms with E-state index >= 15 is 28.8 Å². The monoisotopic (exact) mass is 1340 g/mol. The fourth-order valence-corrected chi connectivity index (χ4v) is 12.9. The third-order valence-electron chi connectivity index (χ3n) is 19.5. The number of phenolic OH excluding ortho intramolecular Hbond substituents is 3. The Balaban J connectivity index is 2.11. The van der Waals surface area contributed by atoms with Crippen LogP contribution in [0.2, 0.25) is 0 Å². The number of aryl methyl sites for hydroxylation is 3. The summed E-state index contributed by atoms with van der Waals surface area (Å²) >= 11 is 0. The fraction of sp³-hybridized carbons (Fsp3) is 0.704. The van der Waals surface area contributed by atoms with Crippen LogP contribution < -0.4 is 17.1 Å². The van der Waals surface area contributed by atoms with E-state index in [-0.39, 0.29) is 36.5 Å². The van der Waals surface area contributed by atoms with E-state index in [1.807, 2.05) is 62.3 Å². The summed E-state index contributed by atoms with van der Waals surface area (Å²) in [5.74, 6) is -4.82. The number of esters is 3. The Kier molecular flexibility index (Phi) is 33.8. The number of aromatic hydroxyl groups is 3. The molecule has 0 aliphatic rings. The molecule has 6 atom stereocenters. The van der Waals surface area contributed by atoms with Crippen LogP contribution in [0.3, 0.4) is 0 Å². The molecule has 15 heteroatoms.